The van der Waals surface area contributed by atoms with Crippen molar-refractivity contribution in [3.8, 4) is 0 Å². The molecule has 0 amide bonds. The third-order valence-corrected chi connectivity index (χ3v) is 4.27. The van der Waals surface area contributed by atoms with Crippen LogP contribution in [0.25, 0.3) is 0 Å². The van der Waals surface area contributed by atoms with Crippen LogP contribution in [0.1, 0.15) is 25.7 Å². The van der Waals surface area contributed by atoms with Gasteiger partial charge in [0.2, 0.25) is 0 Å². The summed E-state index contributed by atoms with van der Waals surface area (Å²) in [5.41, 5.74) is 0. The molecular weight excluding hydrogens is 276 g/mol. The molecule has 0 aromatic rings. The molecule has 6 heteroatoms. The average molecular weight is 302 g/mol. The minimum Gasteiger partial charge on any atom is -0.462 e. The van der Waals surface area contributed by atoms with Gasteiger partial charge in [-0.25, -0.2) is 0 Å². The molecule has 4 atom stereocenters. The number of rotatable bonds is 10. The predicted octanol–water partition coefficient (Wildman–Crippen LogP) is 1.37. The first-order chi connectivity index (χ1) is 10.3. The summed E-state index contributed by atoms with van der Waals surface area (Å²) in [5.74, 6) is 0.230. The first kappa shape index (κ1) is 16.7. The molecule has 1 aliphatic heterocycles. The zero-order valence-corrected chi connectivity index (χ0v) is 12.9. The number of cyclic esters (lactones) is 1. The molecule has 1 saturated carbocycles. The summed E-state index contributed by atoms with van der Waals surface area (Å²) in [7, 11) is 3.32. The van der Waals surface area contributed by atoms with Crippen molar-refractivity contribution >= 4 is 5.97 Å². The number of methoxy groups -OCH3 is 2. The summed E-state index contributed by atoms with van der Waals surface area (Å²) in [6.45, 7) is 2.06. The first-order valence-electron chi connectivity index (χ1n) is 7.64. The van der Waals surface area contributed by atoms with Crippen molar-refractivity contribution in [2.24, 2.45) is 11.8 Å². The van der Waals surface area contributed by atoms with Crippen LogP contribution < -0.4 is 0 Å². The molecule has 0 unspecified atom stereocenters. The number of carbonyl (C=O) groups excluding carboxylic acids is 1. The lowest BCUT2D eigenvalue weighted by atomic mass is 9.92. The van der Waals surface area contributed by atoms with Gasteiger partial charge >= 0.3 is 5.97 Å². The Morgan fingerprint density at radius 1 is 1.14 bits per heavy atom. The molecule has 2 fully saturated rings. The van der Waals surface area contributed by atoms with E-state index in [0.29, 0.717) is 25.7 Å². The molecule has 1 saturated heterocycles. The van der Waals surface area contributed by atoms with Gasteiger partial charge in [0, 0.05) is 26.7 Å². The summed E-state index contributed by atoms with van der Waals surface area (Å²) in [4.78, 5) is 11.9. The Morgan fingerprint density at radius 3 is 2.71 bits per heavy atom. The van der Waals surface area contributed by atoms with Gasteiger partial charge < -0.3 is 23.7 Å². The third kappa shape index (κ3) is 4.64. The van der Waals surface area contributed by atoms with Crippen molar-refractivity contribution in [3.05, 3.63) is 0 Å². The molecule has 0 spiro atoms. The molecule has 21 heavy (non-hydrogen) atoms. The topological polar surface area (TPSA) is 63.2 Å². The van der Waals surface area contributed by atoms with Crippen LogP contribution >= 0.6 is 0 Å². The molecule has 0 aromatic carbocycles. The Morgan fingerprint density at radius 2 is 1.95 bits per heavy atom. The number of carbonyl (C=O) groups is 1. The molecular formula is C15H26O6. The Bertz CT molecular complexity index is 321. The van der Waals surface area contributed by atoms with E-state index in [9.17, 15) is 4.79 Å². The highest BCUT2D eigenvalue weighted by Crippen LogP contribution is 2.44. The molecule has 0 radical (unpaired) electrons. The van der Waals surface area contributed by atoms with E-state index in [2.05, 4.69) is 0 Å². The third-order valence-electron chi connectivity index (χ3n) is 4.27. The Kier molecular flexibility index (Phi) is 6.89. The van der Waals surface area contributed by atoms with Crippen LogP contribution in [0.2, 0.25) is 0 Å². The van der Waals surface area contributed by atoms with Crippen molar-refractivity contribution in [1.82, 2.24) is 0 Å². The van der Waals surface area contributed by atoms with Gasteiger partial charge in [0.05, 0.1) is 25.2 Å². The quantitative estimate of drug-likeness (QED) is 0.345. The van der Waals surface area contributed by atoms with E-state index < -0.39 is 0 Å². The fourth-order valence-corrected chi connectivity index (χ4v) is 3.21. The van der Waals surface area contributed by atoms with Gasteiger partial charge in [-0.1, -0.05) is 0 Å². The van der Waals surface area contributed by atoms with Crippen LogP contribution in [-0.4, -0.2) is 59.0 Å². The van der Waals surface area contributed by atoms with E-state index in [4.69, 9.17) is 23.7 Å². The fourth-order valence-electron chi connectivity index (χ4n) is 3.21. The standard InChI is InChI=1S/C15H26O6/c1-17-5-3-4-14-12-8-11(9-13(12)15(16)21-14)20-10-19-7-6-18-2/h11-14H,3-10H2,1-2H3/t11-,12-,13+,14-/m1/s1. The van der Waals surface area contributed by atoms with E-state index in [-0.39, 0.29) is 30.9 Å². The minimum atomic E-state index is -0.0613. The van der Waals surface area contributed by atoms with Gasteiger partial charge in [0.1, 0.15) is 12.9 Å². The van der Waals surface area contributed by atoms with E-state index >= 15 is 0 Å². The van der Waals surface area contributed by atoms with E-state index in [1.54, 1.807) is 14.2 Å². The van der Waals surface area contributed by atoms with Crippen molar-refractivity contribution < 1.29 is 28.5 Å². The van der Waals surface area contributed by atoms with Gasteiger partial charge in [-0.05, 0) is 25.7 Å². The van der Waals surface area contributed by atoms with Crippen LogP contribution in [0, 0.1) is 11.8 Å². The van der Waals surface area contributed by atoms with E-state index in [1.165, 1.54) is 0 Å². The Labute approximate surface area is 126 Å². The predicted molar refractivity (Wildman–Crippen MR) is 74.8 cm³/mol. The highest BCUT2D eigenvalue weighted by atomic mass is 16.7. The fraction of sp³-hybridized carbons (Fsp3) is 0.933. The second-order valence-electron chi connectivity index (χ2n) is 5.66. The summed E-state index contributed by atoms with van der Waals surface area (Å²) < 4.78 is 26.4. The van der Waals surface area contributed by atoms with Gasteiger partial charge in [0.15, 0.2) is 0 Å². The number of hydrogen-bond acceptors (Lipinski definition) is 6. The SMILES string of the molecule is COCCC[C@H]1OC(=O)[C@H]2C[C@H](OCOCCOC)C[C@H]21. The maximum atomic E-state index is 11.9. The molecule has 6 nitrogen and oxygen atoms in total. The molecule has 0 aromatic heterocycles. The molecule has 1 aliphatic carbocycles. The van der Waals surface area contributed by atoms with E-state index in [1.807, 2.05) is 0 Å². The van der Waals surface area contributed by atoms with Gasteiger partial charge in [-0.15, -0.1) is 0 Å². The van der Waals surface area contributed by atoms with Crippen LogP contribution in [-0.2, 0) is 28.5 Å². The van der Waals surface area contributed by atoms with Crippen molar-refractivity contribution in [2.75, 3.05) is 40.8 Å². The van der Waals surface area contributed by atoms with Crippen LogP contribution in [0.4, 0.5) is 0 Å². The summed E-state index contributed by atoms with van der Waals surface area (Å²) in [6, 6.07) is 0. The minimum absolute atomic E-state index is 0.00141. The summed E-state index contributed by atoms with van der Waals surface area (Å²) in [6.07, 6.45) is 3.54. The number of hydrogen-bond donors (Lipinski definition) is 0. The lowest BCUT2D eigenvalue weighted by Crippen LogP contribution is -2.20. The Hall–Kier alpha value is -0.690. The van der Waals surface area contributed by atoms with Crippen LogP contribution in [0.15, 0.2) is 0 Å². The van der Waals surface area contributed by atoms with E-state index in [0.717, 1.165) is 25.7 Å². The number of esters is 1. The molecule has 1 heterocycles. The highest BCUT2D eigenvalue weighted by molar-refractivity contribution is 5.75. The molecule has 2 rings (SSSR count). The van der Waals surface area contributed by atoms with Crippen molar-refractivity contribution in [3.63, 3.8) is 0 Å². The smallest absolute Gasteiger partial charge is 0.309 e. The van der Waals surface area contributed by atoms with Crippen molar-refractivity contribution in [2.45, 2.75) is 37.9 Å². The molecule has 0 bridgehead atoms. The molecule has 0 N–H and O–H groups in total. The van der Waals surface area contributed by atoms with Gasteiger partial charge in [-0.2, -0.15) is 0 Å². The largest absolute Gasteiger partial charge is 0.462 e. The summed E-state index contributed by atoms with van der Waals surface area (Å²) in [5, 5.41) is 0. The van der Waals surface area contributed by atoms with Crippen LogP contribution in [0.5, 0.6) is 0 Å². The summed E-state index contributed by atoms with van der Waals surface area (Å²) >= 11 is 0. The number of fused-ring (bicyclic) bond motifs is 1. The lowest BCUT2D eigenvalue weighted by molar-refractivity contribution is -0.147. The molecule has 122 valence electrons. The second kappa shape index (κ2) is 8.68. The highest BCUT2D eigenvalue weighted by Gasteiger charge is 2.50. The normalized spacial score (nSPS) is 31.4. The first-order valence-corrected chi connectivity index (χ1v) is 7.64. The number of ether oxygens (including phenoxy) is 5. The monoisotopic (exact) mass is 302 g/mol. The maximum Gasteiger partial charge on any atom is 0.309 e. The van der Waals surface area contributed by atoms with Gasteiger partial charge in [0.25, 0.3) is 0 Å². The lowest BCUT2D eigenvalue weighted by Gasteiger charge is -2.17. The maximum absolute atomic E-state index is 11.9. The Balaban J connectivity index is 1.70. The van der Waals surface area contributed by atoms with Crippen molar-refractivity contribution in [1.29, 1.82) is 0 Å². The average Bonchev–Trinajstić information content (AvgIpc) is 3.01. The zero-order valence-electron chi connectivity index (χ0n) is 12.9. The van der Waals surface area contributed by atoms with Crippen LogP contribution in [0.3, 0.4) is 0 Å². The molecule has 2 aliphatic rings. The second-order valence-corrected chi connectivity index (χ2v) is 5.66. The zero-order chi connectivity index (χ0) is 15.1. The van der Waals surface area contributed by atoms with Gasteiger partial charge in [-0.3, -0.25) is 4.79 Å².